The summed E-state index contributed by atoms with van der Waals surface area (Å²) in [7, 11) is 0. The summed E-state index contributed by atoms with van der Waals surface area (Å²) in [6.45, 7) is 12.5. The van der Waals surface area contributed by atoms with Gasteiger partial charge >= 0.3 is 11.9 Å². The molecular formula is C25H40O5. The predicted octanol–water partition coefficient (Wildman–Crippen LogP) is 4.67. The van der Waals surface area contributed by atoms with E-state index in [-0.39, 0.29) is 35.9 Å². The van der Waals surface area contributed by atoms with E-state index in [1.54, 1.807) is 0 Å². The summed E-state index contributed by atoms with van der Waals surface area (Å²) in [6.07, 6.45) is 8.43. The highest BCUT2D eigenvalue weighted by Gasteiger charge is 2.62. The molecule has 1 N–H and O–H groups in total. The number of aliphatic hydroxyl groups excluding tert-OH is 1. The molecule has 3 aliphatic rings. The van der Waals surface area contributed by atoms with Crippen LogP contribution in [-0.2, 0) is 19.1 Å². The molecule has 0 radical (unpaired) electrons. The molecule has 0 unspecified atom stereocenters. The molecule has 0 spiro atoms. The molecule has 170 valence electrons. The SMILES string of the molecule is CC(=O)O[C@@H](CO)COC(=O)[C@@H]1C(C)=CC[C@@H]2[C@@]1(C)CC[C@H]1C(C)(C)CCC[C@]21C. The van der Waals surface area contributed by atoms with Crippen LogP contribution in [0.15, 0.2) is 11.6 Å². The van der Waals surface area contributed by atoms with Crippen LogP contribution in [0, 0.1) is 34.0 Å². The third kappa shape index (κ3) is 3.94. The molecule has 3 rings (SSSR count). The van der Waals surface area contributed by atoms with E-state index in [1.165, 1.54) is 26.2 Å². The molecule has 5 nitrogen and oxygen atoms in total. The van der Waals surface area contributed by atoms with Gasteiger partial charge in [-0.05, 0) is 67.1 Å². The summed E-state index contributed by atoms with van der Waals surface area (Å²) in [6, 6.07) is 0. The Morgan fingerprint density at radius 2 is 1.83 bits per heavy atom. The number of hydrogen-bond donors (Lipinski definition) is 1. The molecular weight excluding hydrogens is 380 g/mol. The van der Waals surface area contributed by atoms with Crippen LogP contribution in [0.3, 0.4) is 0 Å². The second kappa shape index (κ2) is 8.29. The van der Waals surface area contributed by atoms with E-state index in [0.717, 1.165) is 24.8 Å². The Bertz CT molecular complexity index is 710. The fraction of sp³-hybridized carbons (Fsp3) is 0.840. The first kappa shape index (κ1) is 23.3. The Hall–Kier alpha value is -1.36. The van der Waals surface area contributed by atoms with Crippen LogP contribution in [0.5, 0.6) is 0 Å². The van der Waals surface area contributed by atoms with Crippen molar-refractivity contribution in [1.29, 1.82) is 0 Å². The first-order valence-corrected chi connectivity index (χ1v) is 11.6. The number of carbonyl (C=O) groups excluding carboxylic acids is 2. The van der Waals surface area contributed by atoms with Gasteiger partial charge in [-0.3, -0.25) is 9.59 Å². The highest BCUT2D eigenvalue weighted by Crippen LogP contribution is 2.68. The van der Waals surface area contributed by atoms with E-state index in [1.807, 2.05) is 6.92 Å². The standard InChI is InChI=1S/C25H40O5/c1-16-8-9-20-24(5)12-7-11-23(3,4)19(24)10-13-25(20,6)21(16)22(28)29-15-18(14-26)30-17(2)27/h8,18-21,26H,7,9-15H2,1-6H3/t18-,19-,20-,21-,24-,25+/m0/s1. The van der Waals surface area contributed by atoms with E-state index in [4.69, 9.17) is 9.47 Å². The summed E-state index contributed by atoms with van der Waals surface area (Å²) in [5.74, 6) is 0.112. The first-order valence-electron chi connectivity index (χ1n) is 11.6. The Morgan fingerprint density at radius 3 is 2.47 bits per heavy atom. The summed E-state index contributed by atoms with van der Waals surface area (Å²) in [5.41, 5.74) is 1.53. The topological polar surface area (TPSA) is 72.8 Å². The van der Waals surface area contributed by atoms with Gasteiger partial charge < -0.3 is 14.6 Å². The minimum Gasteiger partial charge on any atom is -0.461 e. The van der Waals surface area contributed by atoms with E-state index < -0.39 is 12.1 Å². The highest BCUT2D eigenvalue weighted by atomic mass is 16.6. The number of hydrogen-bond acceptors (Lipinski definition) is 5. The summed E-state index contributed by atoms with van der Waals surface area (Å²) in [5, 5.41) is 9.42. The van der Waals surface area contributed by atoms with Crippen molar-refractivity contribution in [2.75, 3.05) is 13.2 Å². The normalized spacial score (nSPS) is 38.5. The molecule has 0 aliphatic heterocycles. The van der Waals surface area contributed by atoms with Gasteiger partial charge in [-0.1, -0.05) is 45.8 Å². The molecule has 30 heavy (non-hydrogen) atoms. The maximum Gasteiger partial charge on any atom is 0.313 e. The lowest BCUT2D eigenvalue weighted by molar-refractivity contribution is -0.177. The van der Waals surface area contributed by atoms with Gasteiger partial charge in [0.15, 0.2) is 6.10 Å². The van der Waals surface area contributed by atoms with Gasteiger partial charge in [-0.15, -0.1) is 0 Å². The zero-order chi connectivity index (χ0) is 22.3. The van der Waals surface area contributed by atoms with Gasteiger partial charge in [0.25, 0.3) is 0 Å². The van der Waals surface area contributed by atoms with Crippen molar-refractivity contribution in [3.05, 3.63) is 11.6 Å². The zero-order valence-electron chi connectivity index (χ0n) is 19.6. The molecule has 0 bridgehead atoms. The quantitative estimate of drug-likeness (QED) is 0.517. The fourth-order valence-electron chi connectivity index (χ4n) is 7.58. The molecule has 0 heterocycles. The maximum atomic E-state index is 13.3. The fourth-order valence-corrected chi connectivity index (χ4v) is 7.58. The number of fused-ring (bicyclic) bond motifs is 3. The lowest BCUT2D eigenvalue weighted by Crippen LogP contribution is -2.58. The van der Waals surface area contributed by atoms with Crippen LogP contribution >= 0.6 is 0 Å². The molecule has 3 aliphatic carbocycles. The smallest absolute Gasteiger partial charge is 0.313 e. The lowest BCUT2D eigenvalue weighted by Gasteiger charge is -2.64. The number of allylic oxidation sites excluding steroid dienone is 1. The van der Waals surface area contributed by atoms with Crippen molar-refractivity contribution in [2.24, 2.45) is 34.0 Å². The summed E-state index contributed by atoms with van der Waals surface area (Å²) in [4.78, 5) is 24.5. The number of aliphatic hydroxyl groups is 1. The van der Waals surface area contributed by atoms with Crippen molar-refractivity contribution in [3.63, 3.8) is 0 Å². The Kier molecular flexibility index (Phi) is 6.44. The third-order valence-corrected chi connectivity index (χ3v) is 8.81. The van der Waals surface area contributed by atoms with E-state index in [2.05, 4.69) is 33.8 Å². The number of esters is 2. The van der Waals surface area contributed by atoms with E-state index >= 15 is 0 Å². The molecule has 2 saturated carbocycles. The van der Waals surface area contributed by atoms with Crippen molar-refractivity contribution in [1.82, 2.24) is 0 Å². The monoisotopic (exact) mass is 420 g/mol. The van der Waals surface area contributed by atoms with Gasteiger partial charge in [0.05, 0.1) is 12.5 Å². The first-order chi connectivity index (χ1) is 14.0. The third-order valence-electron chi connectivity index (χ3n) is 8.81. The number of ether oxygens (including phenoxy) is 2. The Morgan fingerprint density at radius 1 is 1.13 bits per heavy atom. The molecule has 5 heteroatoms. The van der Waals surface area contributed by atoms with Crippen molar-refractivity contribution in [3.8, 4) is 0 Å². The van der Waals surface area contributed by atoms with Crippen LogP contribution < -0.4 is 0 Å². The average molecular weight is 421 g/mol. The van der Waals surface area contributed by atoms with Gasteiger partial charge in [-0.25, -0.2) is 0 Å². The van der Waals surface area contributed by atoms with Crippen LogP contribution in [-0.4, -0.2) is 36.4 Å². The Labute approximate surface area is 181 Å². The van der Waals surface area contributed by atoms with Crippen LogP contribution in [0.2, 0.25) is 0 Å². The summed E-state index contributed by atoms with van der Waals surface area (Å²) >= 11 is 0. The lowest BCUT2D eigenvalue weighted by atomic mass is 9.40. The van der Waals surface area contributed by atoms with E-state index in [9.17, 15) is 14.7 Å². The van der Waals surface area contributed by atoms with Gasteiger partial charge in [0.1, 0.15) is 6.61 Å². The number of rotatable bonds is 5. The van der Waals surface area contributed by atoms with Crippen LogP contribution in [0.4, 0.5) is 0 Å². The maximum absolute atomic E-state index is 13.3. The second-order valence-corrected chi connectivity index (χ2v) is 11.2. The Balaban J connectivity index is 1.83. The number of carbonyl (C=O) groups is 2. The average Bonchev–Trinajstić information content (AvgIpc) is 2.63. The molecule has 6 atom stereocenters. The molecule has 0 aromatic heterocycles. The van der Waals surface area contributed by atoms with Crippen molar-refractivity contribution < 1.29 is 24.2 Å². The minimum absolute atomic E-state index is 0.105. The second-order valence-electron chi connectivity index (χ2n) is 11.2. The van der Waals surface area contributed by atoms with Crippen molar-refractivity contribution >= 4 is 11.9 Å². The molecule has 0 amide bonds. The van der Waals surface area contributed by atoms with Gasteiger partial charge in [-0.2, -0.15) is 0 Å². The molecule has 0 saturated heterocycles. The zero-order valence-corrected chi connectivity index (χ0v) is 19.6. The van der Waals surface area contributed by atoms with Gasteiger partial charge in [0, 0.05) is 6.92 Å². The minimum atomic E-state index is -0.810. The van der Waals surface area contributed by atoms with E-state index in [0.29, 0.717) is 17.3 Å². The summed E-state index contributed by atoms with van der Waals surface area (Å²) < 4.78 is 10.6. The van der Waals surface area contributed by atoms with Crippen molar-refractivity contribution in [2.45, 2.75) is 86.2 Å². The molecule has 2 fully saturated rings. The van der Waals surface area contributed by atoms with Crippen LogP contribution in [0.25, 0.3) is 0 Å². The van der Waals surface area contributed by atoms with Gasteiger partial charge in [0.2, 0.25) is 0 Å². The van der Waals surface area contributed by atoms with Crippen LogP contribution in [0.1, 0.15) is 80.1 Å². The predicted molar refractivity (Wildman–Crippen MR) is 116 cm³/mol. The molecule has 0 aromatic rings. The highest BCUT2D eigenvalue weighted by molar-refractivity contribution is 5.77. The largest absolute Gasteiger partial charge is 0.461 e. The molecule has 0 aromatic carbocycles.